The minimum Gasteiger partial charge on any atom is -0.497 e. The first-order valence-electron chi connectivity index (χ1n) is 11.6. The maximum absolute atomic E-state index is 13.5. The Kier molecular flexibility index (Phi) is 7.15. The quantitative estimate of drug-likeness (QED) is 0.433. The minimum absolute atomic E-state index is 0.0449. The minimum atomic E-state index is -0.763. The molecule has 8 heteroatoms. The van der Waals surface area contributed by atoms with Crippen molar-refractivity contribution in [3.8, 4) is 11.4 Å². The molecule has 1 heterocycles. The first kappa shape index (κ1) is 24.7. The van der Waals surface area contributed by atoms with Gasteiger partial charge in [0.25, 0.3) is 11.5 Å². The van der Waals surface area contributed by atoms with Gasteiger partial charge in [-0.25, -0.2) is 4.79 Å². The second kappa shape index (κ2) is 10.4. The van der Waals surface area contributed by atoms with Gasteiger partial charge in [-0.2, -0.15) is 9.78 Å². The SMILES string of the molecule is COc1cccc(Cn2c(=O)c(C(=O)N[C@@H](C)c3ccccc3)nn(-c3cc(C)cc(C)c3)c2=O)c1. The van der Waals surface area contributed by atoms with Crippen LogP contribution in [0.5, 0.6) is 5.75 Å². The van der Waals surface area contributed by atoms with Crippen molar-refractivity contribution < 1.29 is 9.53 Å². The summed E-state index contributed by atoms with van der Waals surface area (Å²) in [5.41, 5.74) is 2.12. The van der Waals surface area contributed by atoms with Gasteiger partial charge in [0.15, 0.2) is 0 Å². The van der Waals surface area contributed by atoms with Crippen LogP contribution < -0.4 is 21.3 Å². The van der Waals surface area contributed by atoms with E-state index in [9.17, 15) is 14.4 Å². The second-order valence-electron chi connectivity index (χ2n) is 8.74. The number of ether oxygens (including phenoxy) is 1. The Bertz CT molecular complexity index is 1500. The third-order valence-corrected chi connectivity index (χ3v) is 5.85. The summed E-state index contributed by atoms with van der Waals surface area (Å²) in [5, 5.41) is 7.07. The van der Waals surface area contributed by atoms with Crippen molar-refractivity contribution in [1.82, 2.24) is 19.7 Å². The van der Waals surface area contributed by atoms with Crippen molar-refractivity contribution in [2.24, 2.45) is 0 Å². The summed E-state index contributed by atoms with van der Waals surface area (Å²) in [5.74, 6) is -0.0623. The van der Waals surface area contributed by atoms with E-state index in [2.05, 4.69) is 10.4 Å². The molecule has 0 saturated heterocycles. The molecular formula is C28H28N4O4. The Morgan fingerprint density at radius 3 is 2.33 bits per heavy atom. The van der Waals surface area contributed by atoms with Gasteiger partial charge < -0.3 is 10.1 Å². The van der Waals surface area contributed by atoms with E-state index in [-0.39, 0.29) is 18.3 Å². The van der Waals surface area contributed by atoms with Crippen LogP contribution in [0.4, 0.5) is 0 Å². The third-order valence-electron chi connectivity index (χ3n) is 5.85. The molecule has 1 amide bonds. The number of nitrogens with zero attached hydrogens (tertiary/aromatic N) is 3. The highest BCUT2D eigenvalue weighted by Crippen LogP contribution is 2.15. The van der Waals surface area contributed by atoms with Gasteiger partial charge in [0.2, 0.25) is 5.69 Å². The predicted octanol–water partition coefficient (Wildman–Crippen LogP) is 3.56. The van der Waals surface area contributed by atoms with Gasteiger partial charge in [0.1, 0.15) is 5.75 Å². The topological polar surface area (TPSA) is 95.2 Å². The van der Waals surface area contributed by atoms with Crippen LogP contribution in [0.2, 0.25) is 0 Å². The number of nitrogens with one attached hydrogen (secondary N) is 1. The molecule has 0 aliphatic heterocycles. The number of hydrogen-bond donors (Lipinski definition) is 1. The van der Waals surface area contributed by atoms with Gasteiger partial charge >= 0.3 is 5.69 Å². The number of amides is 1. The van der Waals surface area contributed by atoms with Gasteiger partial charge in [-0.3, -0.25) is 14.2 Å². The van der Waals surface area contributed by atoms with Crippen LogP contribution in [-0.2, 0) is 6.54 Å². The molecule has 4 rings (SSSR count). The molecule has 1 N–H and O–H groups in total. The zero-order chi connectivity index (χ0) is 25.8. The zero-order valence-electron chi connectivity index (χ0n) is 20.7. The maximum Gasteiger partial charge on any atom is 0.352 e. The van der Waals surface area contributed by atoms with Gasteiger partial charge in [-0.15, -0.1) is 0 Å². The monoisotopic (exact) mass is 484 g/mol. The van der Waals surface area contributed by atoms with Crippen LogP contribution >= 0.6 is 0 Å². The predicted molar refractivity (Wildman–Crippen MR) is 138 cm³/mol. The van der Waals surface area contributed by atoms with E-state index in [1.165, 1.54) is 0 Å². The highest BCUT2D eigenvalue weighted by Gasteiger charge is 2.22. The summed E-state index contributed by atoms with van der Waals surface area (Å²) in [4.78, 5) is 40.2. The van der Waals surface area contributed by atoms with E-state index in [1.807, 2.05) is 57.2 Å². The van der Waals surface area contributed by atoms with Crippen LogP contribution in [0.15, 0.2) is 82.4 Å². The van der Waals surface area contributed by atoms with Gasteiger partial charge in [-0.1, -0.05) is 48.5 Å². The maximum atomic E-state index is 13.5. The molecule has 0 aliphatic carbocycles. The van der Waals surface area contributed by atoms with E-state index in [0.717, 1.165) is 25.9 Å². The molecule has 184 valence electrons. The Labute approximate surface area is 208 Å². The lowest BCUT2D eigenvalue weighted by Gasteiger charge is -2.16. The van der Waals surface area contributed by atoms with E-state index in [0.29, 0.717) is 17.0 Å². The third kappa shape index (κ3) is 5.27. The van der Waals surface area contributed by atoms with Crippen molar-refractivity contribution in [2.45, 2.75) is 33.4 Å². The molecular weight excluding hydrogens is 456 g/mol. The summed E-state index contributed by atoms with van der Waals surface area (Å²) >= 11 is 0. The second-order valence-corrected chi connectivity index (χ2v) is 8.74. The van der Waals surface area contributed by atoms with Crippen LogP contribution in [0, 0.1) is 13.8 Å². The molecule has 0 radical (unpaired) electrons. The summed E-state index contributed by atoms with van der Waals surface area (Å²) in [6.07, 6.45) is 0. The van der Waals surface area contributed by atoms with E-state index >= 15 is 0 Å². The fourth-order valence-electron chi connectivity index (χ4n) is 4.08. The molecule has 0 aliphatic rings. The highest BCUT2D eigenvalue weighted by molar-refractivity contribution is 5.92. The lowest BCUT2D eigenvalue weighted by Crippen LogP contribution is -2.46. The van der Waals surface area contributed by atoms with Crippen LogP contribution in [-0.4, -0.2) is 27.4 Å². The van der Waals surface area contributed by atoms with E-state index in [1.54, 1.807) is 43.5 Å². The van der Waals surface area contributed by atoms with Crippen molar-refractivity contribution >= 4 is 5.91 Å². The summed E-state index contributed by atoms with van der Waals surface area (Å²) in [6, 6.07) is 21.7. The van der Waals surface area contributed by atoms with Crippen LogP contribution in [0.1, 0.15) is 45.7 Å². The zero-order valence-corrected chi connectivity index (χ0v) is 20.7. The Morgan fingerprint density at radius 2 is 1.67 bits per heavy atom. The lowest BCUT2D eigenvalue weighted by atomic mass is 10.1. The van der Waals surface area contributed by atoms with E-state index in [4.69, 9.17) is 4.74 Å². The number of hydrogen-bond acceptors (Lipinski definition) is 5. The number of rotatable bonds is 7. The highest BCUT2D eigenvalue weighted by atomic mass is 16.5. The first-order chi connectivity index (χ1) is 17.3. The van der Waals surface area contributed by atoms with Crippen LogP contribution in [0.25, 0.3) is 5.69 Å². The molecule has 0 saturated carbocycles. The van der Waals surface area contributed by atoms with Gasteiger partial charge in [0, 0.05) is 0 Å². The summed E-state index contributed by atoms with van der Waals surface area (Å²) < 4.78 is 7.42. The number of carbonyl (C=O) groups excluding carboxylic acids is 1. The van der Waals surface area contributed by atoms with Gasteiger partial charge in [-0.05, 0) is 67.3 Å². The van der Waals surface area contributed by atoms with E-state index < -0.39 is 17.2 Å². The molecule has 0 fully saturated rings. The van der Waals surface area contributed by atoms with Crippen molar-refractivity contribution in [3.63, 3.8) is 0 Å². The molecule has 4 aromatic rings. The van der Waals surface area contributed by atoms with Crippen molar-refractivity contribution in [3.05, 3.63) is 122 Å². The molecule has 1 atom stereocenters. The largest absolute Gasteiger partial charge is 0.497 e. The average Bonchev–Trinajstić information content (AvgIpc) is 2.86. The smallest absolute Gasteiger partial charge is 0.352 e. The molecule has 0 spiro atoms. The number of aromatic nitrogens is 3. The number of carbonyl (C=O) groups is 1. The fourth-order valence-corrected chi connectivity index (χ4v) is 4.08. The number of aryl methyl sites for hydroxylation is 2. The van der Waals surface area contributed by atoms with Gasteiger partial charge in [0.05, 0.1) is 25.4 Å². The Hall–Kier alpha value is -4.46. The molecule has 0 bridgehead atoms. The molecule has 36 heavy (non-hydrogen) atoms. The summed E-state index contributed by atoms with van der Waals surface area (Å²) in [7, 11) is 1.54. The van der Waals surface area contributed by atoms with Crippen molar-refractivity contribution in [2.75, 3.05) is 7.11 Å². The average molecular weight is 485 g/mol. The standard InChI is InChI=1S/C28H28N4O4/c1-18-13-19(2)15-23(14-18)32-28(35)31(17-21-9-8-12-24(16-21)36-4)27(34)25(30-32)26(33)29-20(3)22-10-6-5-7-11-22/h5-16,20H,17H2,1-4H3,(H,29,33)/t20-/m0/s1. The molecule has 8 nitrogen and oxygen atoms in total. The van der Waals surface area contributed by atoms with Crippen LogP contribution in [0.3, 0.4) is 0 Å². The Morgan fingerprint density at radius 1 is 0.972 bits per heavy atom. The summed E-state index contributed by atoms with van der Waals surface area (Å²) in [6.45, 7) is 5.59. The van der Waals surface area contributed by atoms with Crippen molar-refractivity contribution in [1.29, 1.82) is 0 Å². The number of methoxy groups -OCH3 is 1. The normalized spacial score (nSPS) is 11.7. The lowest BCUT2D eigenvalue weighted by molar-refractivity contribution is 0.0930. The fraction of sp³-hybridized carbons (Fsp3) is 0.214. The Balaban J connectivity index is 1.84. The molecule has 3 aromatic carbocycles. The molecule has 1 aromatic heterocycles. The number of benzene rings is 3. The molecule has 0 unspecified atom stereocenters. The first-order valence-corrected chi connectivity index (χ1v) is 11.6.